The van der Waals surface area contributed by atoms with Gasteiger partial charge in [0.1, 0.15) is 11.4 Å². The zero-order valence-electron chi connectivity index (χ0n) is 16.2. The molecule has 2 fully saturated rings. The fourth-order valence-corrected chi connectivity index (χ4v) is 7.19. The summed E-state index contributed by atoms with van der Waals surface area (Å²) in [5, 5.41) is 0.577. The van der Waals surface area contributed by atoms with E-state index in [9.17, 15) is 18.0 Å². The Morgan fingerprint density at radius 1 is 1.25 bits per heavy atom. The lowest BCUT2D eigenvalue weighted by atomic mass is 10.1. The summed E-state index contributed by atoms with van der Waals surface area (Å²) >= 11 is 1.48. The number of thiophene rings is 1. The van der Waals surface area contributed by atoms with Gasteiger partial charge in [-0.3, -0.25) is 14.2 Å². The molecule has 3 heterocycles. The Labute approximate surface area is 168 Å². The predicted molar refractivity (Wildman–Crippen MR) is 110 cm³/mol. The summed E-state index contributed by atoms with van der Waals surface area (Å²) in [6.45, 7) is 3.76. The molecule has 7 nitrogen and oxygen atoms in total. The van der Waals surface area contributed by atoms with Crippen LogP contribution in [0.25, 0.3) is 10.2 Å². The molecule has 0 aromatic carbocycles. The van der Waals surface area contributed by atoms with Gasteiger partial charge in [0.25, 0.3) is 5.56 Å². The van der Waals surface area contributed by atoms with Crippen LogP contribution in [0.5, 0.6) is 0 Å². The lowest BCUT2D eigenvalue weighted by Crippen LogP contribution is -2.49. The van der Waals surface area contributed by atoms with Crippen molar-refractivity contribution in [1.29, 1.82) is 0 Å². The highest BCUT2D eigenvalue weighted by Crippen LogP contribution is 2.30. The number of carbonyl (C=O) groups excluding carboxylic acids is 1. The van der Waals surface area contributed by atoms with E-state index in [0.717, 1.165) is 36.1 Å². The predicted octanol–water partition coefficient (Wildman–Crippen LogP) is 2.03. The van der Waals surface area contributed by atoms with Crippen molar-refractivity contribution in [2.24, 2.45) is 0 Å². The number of fused-ring (bicyclic) bond motifs is 1. The van der Waals surface area contributed by atoms with Crippen LogP contribution in [0.4, 0.5) is 0 Å². The molecule has 2 aliphatic rings. The van der Waals surface area contributed by atoms with E-state index in [1.54, 1.807) is 4.90 Å². The zero-order valence-corrected chi connectivity index (χ0v) is 17.8. The fraction of sp³-hybridized carbons (Fsp3) is 0.632. The third-order valence-corrected chi connectivity index (χ3v) is 8.93. The van der Waals surface area contributed by atoms with Gasteiger partial charge in [-0.1, -0.05) is 12.8 Å². The maximum atomic E-state index is 13.2. The Balaban J connectivity index is 1.64. The van der Waals surface area contributed by atoms with Gasteiger partial charge in [-0.25, -0.2) is 13.4 Å². The Kier molecular flexibility index (Phi) is 5.07. The zero-order chi connectivity index (χ0) is 20.1. The van der Waals surface area contributed by atoms with Gasteiger partial charge in [0.05, 0.1) is 23.2 Å². The second-order valence-electron chi connectivity index (χ2n) is 7.94. The molecule has 0 N–H and O–H groups in total. The molecule has 1 aliphatic carbocycles. The summed E-state index contributed by atoms with van der Waals surface area (Å²) in [7, 11) is -3.09. The SMILES string of the molecule is Cc1sc2ncn(CC(=O)N(C3CCCC3)C3CCS(=O)(=O)C3)c(=O)c2c1C. The summed E-state index contributed by atoms with van der Waals surface area (Å²) in [6.07, 6.45) is 5.83. The van der Waals surface area contributed by atoms with Crippen molar-refractivity contribution in [1.82, 2.24) is 14.5 Å². The maximum absolute atomic E-state index is 13.2. The van der Waals surface area contributed by atoms with Crippen LogP contribution in [0.2, 0.25) is 0 Å². The molecular formula is C19H25N3O4S2. The highest BCUT2D eigenvalue weighted by Gasteiger charge is 2.39. The van der Waals surface area contributed by atoms with Crippen LogP contribution in [0.3, 0.4) is 0 Å². The van der Waals surface area contributed by atoms with E-state index in [2.05, 4.69) is 4.98 Å². The van der Waals surface area contributed by atoms with Crippen LogP contribution in [0.1, 0.15) is 42.5 Å². The summed E-state index contributed by atoms with van der Waals surface area (Å²) in [5.41, 5.74) is 0.708. The van der Waals surface area contributed by atoms with Gasteiger partial charge in [0.2, 0.25) is 5.91 Å². The quantitative estimate of drug-likeness (QED) is 0.751. The van der Waals surface area contributed by atoms with E-state index in [1.165, 1.54) is 22.2 Å². The van der Waals surface area contributed by atoms with Gasteiger partial charge in [0.15, 0.2) is 9.84 Å². The Morgan fingerprint density at radius 3 is 2.61 bits per heavy atom. The summed E-state index contributed by atoms with van der Waals surface area (Å²) in [4.78, 5) is 34.0. The number of aryl methyl sites for hydroxylation is 2. The van der Waals surface area contributed by atoms with Gasteiger partial charge in [0, 0.05) is 17.0 Å². The van der Waals surface area contributed by atoms with E-state index in [0.29, 0.717) is 16.6 Å². The van der Waals surface area contributed by atoms with Gasteiger partial charge < -0.3 is 4.90 Å². The van der Waals surface area contributed by atoms with E-state index in [4.69, 9.17) is 0 Å². The van der Waals surface area contributed by atoms with E-state index < -0.39 is 9.84 Å². The Bertz CT molecular complexity index is 1080. The van der Waals surface area contributed by atoms with Gasteiger partial charge in [-0.05, 0) is 38.7 Å². The summed E-state index contributed by atoms with van der Waals surface area (Å²) < 4.78 is 25.3. The molecule has 1 amide bonds. The number of nitrogens with zero attached hydrogens (tertiary/aromatic N) is 3. The molecule has 1 saturated heterocycles. The standard InChI is InChI=1S/C19H25N3O4S2/c1-12-13(2)27-18-17(12)19(24)21(11-20-18)9-16(23)22(14-5-3-4-6-14)15-7-8-28(25,26)10-15/h11,14-15H,3-10H2,1-2H3. The number of carbonyl (C=O) groups is 1. The minimum atomic E-state index is -3.09. The van der Waals surface area contributed by atoms with Gasteiger partial charge in [-0.15, -0.1) is 11.3 Å². The lowest BCUT2D eigenvalue weighted by molar-refractivity contribution is -0.136. The van der Waals surface area contributed by atoms with Gasteiger partial charge in [-0.2, -0.15) is 0 Å². The minimum Gasteiger partial charge on any atom is -0.334 e. The highest BCUT2D eigenvalue weighted by molar-refractivity contribution is 7.91. The third-order valence-electron chi connectivity index (χ3n) is 6.07. The average molecular weight is 424 g/mol. The molecule has 1 saturated carbocycles. The molecule has 1 unspecified atom stereocenters. The van der Waals surface area contributed by atoms with Gasteiger partial charge >= 0.3 is 0 Å². The number of sulfone groups is 1. The van der Waals surface area contributed by atoms with Crippen molar-refractivity contribution in [3.05, 3.63) is 27.1 Å². The highest BCUT2D eigenvalue weighted by atomic mass is 32.2. The van der Waals surface area contributed by atoms with Crippen molar-refractivity contribution in [3.8, 4) is 0 Å². The second kappa shape index (κ2) is 7.26. The van der Waals surface area contributed by atoms with Crippen molar-refractivity contribution in [3.63, 3.8) is 0 Å². The average Bonchev–Trinajstić information content (AvgIpc) is 3.33. The van der Waals surface area contributed by atoms with Crippen molar-refractivity contribution in [2.45, 2.75) is 64.6 Å². The molecule has 0 radical (unpaired) electrons. The van der Waals surface area contributed by atoms with Crippen molar-refractivity contribution in [2.75, 3.05) is 11.5 Å². The number of hydrogen-bond acceptors (Lipinski definition) is 6. The second-order valence-corrected chi connectivity index (χ2v) is 11.4. The van der Waals surface area contributed by atoms with Crippen LogP contribution in [0, 0.1) is 13.8 Å². The topological polar surface area (TPSA) is 89.3 Å². The summed E-state index contributed by atoms with van der Waals surface area (Å²) in [6, 6.07) is -0.207. The first-order valence-corrected chi connectivity index (χ1v) is 12.4. The van der Waals surface area contributed by atoms with Crippen LogP contribution < -0.4 is 5.56 Å². The molecule has 1 atom stereocenters. The smallest absolute Gasteiger partial charge is 0.262 e. The molecule has 1 aliphatic heterocycles. The number of aromatic nitrogens is 2. The maximum Gasteiger partial charge on any atom is 0.262 e. The van der Waals surface area contributed by atoms with E-state index in [1.807, 2.05) is 13.8 Å². The van der Waals surface area contributed by atoms with E-state index >= 15 is 0 Å². The molecule has 2 aromatic rings. The molecule has 4 rings (SSSR count). The van der Waals surface area contributed by atoms with E-state index in [-0.39, 0.29) is 41.6 Å². The van der Waals surface area contributed by atoms with Crippen molar-refractivity contribution < 1.29 is 13.2 Å². The monoisotopic (exact) mass is 423 g/mol. The number of rotatable bonds is 4. The molecule has 0 spiro atoms. The molecule has 152 valence electrons. The molecule has 9 heteroatoms. The van der Waals surface area contributed by atoms with Crippen LogP contribution in [0.15, 0.2) is 11.1 Å². The third kappa shape index (κ3) is 3.50. The number of hydrogen-bond donors (Lipinski definition) is 0. The van der Waals surface area contributed by atoms with Crippen LogP contribution in [-0.4, -0.2) is 52.4 Å². The largest absolute Gasteiger partial charge is 0.334 e. The molecular weight excluding hydrogens is 398 g/mol. The first-order chi connectivity index (χ1) is 13.3. The Morgan fingerprint density at radius 2 is 1.96 bits per heavy atom. The molecule has 28 heavy (non-hydrogen) atoms. The summed E-state index contributed by atoms with van der Waals surface area (Å²) in [5.74, 6) is -0.0129. The first kappa shape index (κ1) is 19.6. The molecule has 2 aromatic heterocycles. The van der Waals surface area contributed by atoms with Crippen molar-refractivity contribution >= 4 is 37.3 Å². The van der Waals surface area contributed by atoms with Crippen LogP contribution in [-0.2, 0) is 21.2 Å². The molecule has 0 bridgehead atoms. The number of amides is 1. The fourth-order valence-electron chi connectivity index (χ4n) is 4.49. The minimum absolute atomic E-state index is 0.0320. The first-order valence-electron chi connectivity index (χ1n) is 9.73. The lowest BCUT2D eigenvalue weighted by Gasteiger charge is -2.34. The van der Waals surface area contributed by atoms with Crippen LogP contribution >= 0.6 is 11.3 Å². The Hall–Kier alpha value is -1.74. The normalized spacial score (nSPS) is 22.1.